The van der Waals surface area contributed by atoms with E-state index in [-0.39, 0.29) is 24.4 Å². The number of aliphatic hydroxyl groups is 1. The van der Waals surface area contributed by atoms with Crippen LogP contribution >= 0.6 is 11.3 Å². The van der Waals surface area contributed by atoms with Gasteiger partial charge in [-0.15, -0.1) is 0 Å². The second kappa shape index (κ2) is 5.51. The van der Waals surface area contributed by atoms with Crippen LogP contribution in [-0.4, -0.2) is 60.4 Å². The number of aliphatic hydroxyl groups excluding tert-OH is 1. The number of anilines is 2. The molecule has 1 fully saturated rings. The Kier molecular flexibility index (Phi) is 4.00. The highest BCUT2D eigenvalue weighted by Gasteiger charge is 2.30. The van der Waals surface area contributed by atoms with Crippen molar-refractivity contribution in [2.24, 2.45) is 0 Å². The van der Waals surface area contributed by atoms with E-state index in [0.29, 0.717) is 29.8 Å². The third-order valence-corrected chi connectivity index (χ3v) is 3.84. The van der Waals surface area contributed by atoms with Crippen LogP contribution in [0.3, 0.4) is 0 Å². The second-order valence-corrected chi connectivity index (χ2v) is 4.89. The van der Waals surface area contributed by atoms with E-state index in [0.717, 1.165) is 0 Å². The smallest absolute Gasteiger partial charge is 0.268 e. The molecule has 0 radical (unpaired) electrons. The van der Waals surface area contributed by atoms with E-state index in [9.17, 15) is 9.90 Å². The number of carbonyl (C=O) groups excluding carboxylic acids is 1. The molecule has 0 saturated carbocycles. The average Bonchev–Trinajstić information content (AvgIpc) is 2.79. The van der Waals surface area contributed by atoms with E-state index in [4.69, 9.17) is 10.5 Å². The number of hydrogen-bond acceptors (Lipinski definition) is 7. The molecule has 18 heavy (non-hydrogen) atoms. The van der Waals surface area contributed by atoms with Crippen LogP contribution in [0.4, 0.5) is 10.9 Å². The maximum absolute atomic E-state index is 12.3. The minimum absolute atomic E-state index is 0.122. The highest BCUT2D eigenvalue weighted by Crippen LogP contribution is 2.27. The first-order valence-electron chi connectivity index (χ1n) is 5.61. The third kappa shape index (κ3) is 2.40. The number of morpholine rings is 1. The molecule has 0 bridgehead atoms. The first-order valence-corrected chi connectivity index (χ1v) is 6.42. The van der Waals surface area contributed by atoms with Gasteiger partial charge >= 0.3 is 0 Å². The SMILES string of the molecule is CNc1nc(N)c(C(=O)N2CCOCC2CO)s1. The van der Waals surface area contributed by atoms with Crippen molar-refractivity contribution in [3.63, 3.8) is 0 Å². The largest absolute Gasteiger partial charge is 0.394 e. The summed E-state index contributed by atoms with van der Waals surface area (Å²) in [6.07, 6.45) is 0. The highest BCUT2D eigenvalue weighted by molar-refractivity contribution is 7.18. The molecule has 0 aromatic carbocycles. The molecule has 100 valence electrons. The Labute approximate surface area is 109 Å². The van der Waals surface area contributed by atoms with Crippen molar-refractivity contribution in [1.82, 2.24) is 9.88 Å². The summed E-state index contributed by atoms with van der Waals surface area (Å²) in [7, 11) is 1.72. The molecule has 1 unspecified atom stereocenters. The summed E-state index contributed by atoms with van der Waals surface area (Å²) in [4.78, 5) is 18.4. The third-order valence-electron chi connectivity index (χ3n) is 2.76. The number of hydrogen-bond donors (Lipinski definition) is 3. The molecule has 2 heterocycles. The van der Waals surface area contributed by atoms with Gasteiger partial charge in [0, 0.05) is 13.6 Å². The van der Waals surface area contributed by atoms with Gasteiger partial charge in [-0.3, -0.25) is 4.79 Å². The van der Waals surface area contributed by atoms with Crippen LogP contribution in [0, 0.1) is 0 Å². The van der Waals surface area contributed by atoms with E-state index in [1.54, 1.807) is 11.9 Å². The summed E-state index contributed by atoms with van der Waals surface area (Å²) < 4.78 is 5.24. The van der Waals surface area contributed by atoms with E-state index in [1.165, 1.54) is 11.3 Å². The maximum atomic E-state index is 12.3. The van der Waals surface area contributed by atoms with Gasteiger partial charge in [0.05, 0.1) is 25.9 Å². The van der Waals surface area contributed by atoms with Crippen molar-refractivity contribution in [2.75, 3.05) is 44.5 Å². The van der Waals surface area contributed by atoms with Gasteiger partial charge in [0.25, 0.3) is 5.91 Å². The lowest BCUT2D eigenvalue weighted by Gasteiger charge is -2.34. The van der Waals surface area contributed by atoms with Crippen LogP contribution < -0.4 is 11.1 Å². The quantitative estimate of drug-likeness (QED) is 0.692. The van der Waals surface area contributed by atoms with Gasteiger partial charge in [0.1, 0.15) is 10.7 Å². The number of thiazole rings is 1. The number of nitrogens with one attached hydrogen (secondary N) is 1. The maximum Gasteiger partial charge on any atom is 0.268 e. The number of nitrogens with zero attached hydrogens (tertiary/aromatic N) is 2. The molecular formula is C10H16N4O3S. The van der Waals surface area contributed by atoms with Crippen molar-refractivity contribution < 1.29 is 14.6 Å². The van der Waals surface area contributed by atoms with E-state index >= 15 is 0 Å². The lowest BCUT2D eigenvalue weighted by molar-refractivity contribution is -0.0181. The number of nitrogen functional groups attached to an aromatic ring is 1. The van der Waals surface area contributed by atoms with E-state index in [2.05, 4.69) is 10.3 Å². The molecule has 1 aromatic heterocycles. The number of nitrogens with two attached hydrogens (primary N) is 1. The van der Waals surface area contributed by atoms with Crippen molar-refractivity contribution in [1.29, 1.82) is 0 Å². The van der Waals surface area contributed by atoms with Crippen LogP contribution in [-0.2, 0) is 4.74 Å². The molecule has 2 rings (SSSR count). The van der Waals surface area contributed by atoms with Gasteiger partial charge in [-0.1, -0.05) is 11.3 Å². The van der Waals surface area contributed by atoms with Gasteiger partial charge in [-0.2, -0.15) is 0 Å². The minimum atomic E-state index is -0.314. The Morgan fingerprint density at radius 3 is 3.17 bits per heavy atom. The lowest BCUT2D eigenvalue weighted by Crippen LogP contribution is -2.50. The van der Waals surface area contributed by atoms with Crippen LogP contribution in [0.15, 0.2) is 0 Å². The molecule has 1 aliphatic rings. The Hall–Kier alpha value is -1.38. The van der Waals surface area contributed by atoms with Gasteiger partial charge in [0.15, 0.2) is 5.13 Å². The van der Waals surface area contributed by atoms with Crippen LogP contribution in [0.5, 0.6) is 0 Å². The zero-order valence-electron chi connectivity index (χ0n) is 10.0. The van der Waals surface area contributed by atoms with E-state index in [1.807, 2.05) is 0 Å². The Morgan fingerprint density at radius 1 is 1.78 bits per heavy atom. The van der Waals surface area contributed by atoms with Crippen molar-refractivity contribution in [3.05, 3.63) is 4.88 Å². The fraction of sp³-hybridized carbons (Fsp3) is 0.600. The predicted molar refractivity (Wildman–Crippen MR) is 68.8 cm³/mol. The standard InChI is InChI=1S/C10H16N4O3S/c1-12-10-13-8(11)7(18-10)9(16)14-2-3-17-5-6(14)4-15/h6,15H,2-5,11H2,1H3,(H,12,13). The number of amides is 1. The Bertz CT molecular complexity index is 437. The number of rotatable bonds is 3. The summed E-state index contributed by atoms with van der Waals surface area (Å²) >= 11 is 1.21. The molecule has 7 nitrogen and oxygen atoms in total. The first-order chi connectivity index (χ1) is 8.67. The molecule has 4 N–H and O–H groups in total. The zero-order chi connectivity index (χ0) is 13.1. The summed E-state index contributed by atoms with van der Waals surface area (Å²) in [6, 6.07) is -0.314. The molecule has 0 spiro atoms. The van der Waals surface area contributed by atoms with Gasteiger partial charge < -0.3 is 25.8 Å². The predicted octanol–water partition coefficient (Wildman–Crippen LogP) is -0.400. The molecule has 1 saturated heterocycles. The van der Waals surface area contributed by atoms with Crippen LogP contribution in [0.2, 0.25) is 0 Å². The summed E-state index contributed by atoms with van der Waals surface area (Å²) in [5, 5.41) is 12.7. The summed E-state index contributed by atoms with van der Waals surface area (Å²) in [5.74, 6) is 0.0198. The molecular weight excluding hydrogens is 256 g/mol. The number of carbonyl (C=O) groups is 1. The monoisotopic (exact) mass is 272 g/mol. The molecule has 1 aliphatic heterocycles. The summed E-state index contributed by atoms with van der Waals surface area (Å²) in [5.41, 5.74) is 5.73. The molecule has 1 aromatic rings. The van der Waals surface area contributed by atoms with E-state index < -0.39 is 0 Å². The zero-order valence-corrected chi connectivity index (χ0v) is 10.9. The van der Waals surface area contributed by atoms with Crippen LogP contribution in [0.1, 0.15) is 9.67 Å². The normalized spacial score (nSPS) is 19.9. The number of aromatic nitrogens is 1. The van der Waals surface area contributed by atoms with Gasteiger partial charge in [-0.25, -0.2) is 4.98 Å². The van der Waals surface area contributed by atoms with Crippen molar-refractivity contribution in [2.45, 2.75) is 6.04 Å². The topological polar surface area (TPSA) is 101 Å². The summed E-state index contributed by atoms with van der Waals surface area (Å²) in [6.45, 7) is 1.15. The fourth-order valence-corrected chi connectivity index (χ4v) is 2.59. The van der Waals surface area contributed by atoms with Gasteiger partial charge in [0.2, 0.25) is 0 Å². The number of ether oxygens (including phenoxy) is 1. The molecule has 1 atom stereocenters. The Balaban J connectivity index is 2.20. The molecule has 0 aliphatic carbocycles. The molecule has 1 amide bonds. The fourth-order valence-electron chi connectivity index (χ4n) is 1.80. The first kappa shape index (κ1) is 13.1. The van der Waals surface area contributed by atoms with Crippen molar-refractivity contribution >= 4 is 28.2 Å². The van der Waals surface area contributed by atoms with Crippen LogP contribution in [0.25, 0.3) is 0 Å². The van der Waals surface area contributed by atoms with Gasteiger partial charge in [-0.05, 0) is 0 Å². The average molecular weight is 272 g/mol. The molecule has 8 heteroatoms. The lowest BCUT2D eigenvalue weighted by atomic mass is 10.2. The Morgan fingerprint density at radius 2 is 2.56 bits per heavy atom. The second-order valence-electron chi connectivity index (χ2n) is 3.89. The highest BCUT2D eigenvalue weighted by atomic mass is 32.1. The van der Waals surface area contributed by atoms with Crippen molar-refractivity contribution in [3.8, 4) is 0 Å². The minimum Gasteiger partial charge on any atom is -0.394 e.